The zero-order chi connectivity index (χ0) is 16.8. The Balaban J connectivity index is 1.43. The van der Waals surface area contributed by atoms with Gasteiger partial charge in [0, 0.05) is 17.9 Å². The van der Waals surface area contributed by atoms with Gasteiger partial charge in [-0.2, -0.15) is 0 Å². The molecule has 0 fully saturated rings. The summed E-state index contributed by atoms with van der Waals surface area (Å²) in [7, 11) is 0. The van der Waals surface area contributed by atoms with Gasteiger partial charge in [0.2, 0.25) is 0 Å². The highest BCUT2D eigenvalue weighted by atomic mass is 32.1. The first-order chi connectivity index (χ1) is 11.8. The lowest BCUT2D eigenvalue weighted by Crippen LogP contribution is -2.25. The van der Waals surface area contributed by atoms with Crippen LogP contribution in [0.15, 0.2) is 54.6 Å². The van der Waals surface area contributed by atoms with Crippen LogP contribution in [0.2, 0.25) is 0 Å². The molecule has 3 aromatic rings. The van der Waals surface area contributed by atoms with Crippen LogP contribution in [0.25, 0.3) is 10.1 Å². The third kappa shape index (κ3) is 4.02. The number of rotatable bonds is 7. The highest BCUT2D eigenvalue weighted by molar-refractivity contribution is 7.21. The molecule has 0 spiro atoms. The Morgan fingerprint density at radius 3 is 2.62 bits per heavy atom. The first kappa shape index (κ1) is 16.7. The molecule has 1 amide bonds. The second kappa shape index (κ2) is 8.08. The maximum atomic E-state index is 12.3. The number of hydrogen-bond donors (Lipinski definition) is 1. The number of thiophene rings is 1. The molecule has 0 aliphatic carbocycles. The molecule has 4 heteroatoms. The SMILES string of the molecule is Cc1c(C(=O)NCCCOCc2ccccc2)sc2ccccc12. The van der Waals surface area contributed by atoms with E-state index in [1.807, 2.05) is 49.4 Å². The molecular formula is C20H21NO2S. The van der Waals surface area contributed by atoms with Gasteiger partial charge in [0.15, 0.2) is 0 Å². The summed E-state index contributed by atoms with van der Waals surface area (Å²) < 4.78 is 6.79. The van der Waals surface area contributed by atoms with Gasteiger partial charge in [0.05, 0.1) is 11.5 Å². The van der Waals surface area contributed by atoms with E-state index in [0.717, 1.165) is 21.6 Å². The van der Waals surface area contributed by atoms with Gasteiger partial charge in [0.1, 0.15) is 0 Å². The summed E-state index contributed by atoms with van der Waals surface area (Å²) in [5.41, 5.74) is 2.23. The smallest absolute Gasteiger partial charge is 0.261 e. The number of benzene rings is 2. The second-order valence-electron chi connectivity index (χ2n) is 5.70. The molecule has 1 heterocycles. The fourth-order valence-corrected chi connectivity index (χ4v) is 3.74. The molecule has 0 radical (unpaired) electrons. The number of amides is 1. The molecule has 1 N–H and O–H groups in total. The minimum Gasteiger partial charge on any atom is -0.377 e. The Labute approximate surface area is 146 Å². The molecule has 0 bridgehead atoms. The summed E-state index contributed by atoms with van der Waals surface area (Å²) in [6.45, 7) is 3.89. The van der Waals surface area contributed by atoms with E-state index < -0.39 is 0 Å². The molecule has 3 nitrogen and oxygen atoms in total. The van der Waals surface area contributed by atoms with Crippen LogP contribution in [0.5, 0.6) is 0 Å². The predicted octanol–water partition coefficient (Wildman–Crippen LogP) is 4.55. The summed E-state index contributed by atoms with van der Waals surface area (Å²) >= 11 is 1.55. The van der Waals surface area contributed by atoms with Gasteiger partial charge >= 0.3 is 0 Å². The van der Waals surface area contributed by atoms with Crippen molar-refractivity contribution in [1.29, 1.82) is 0 Å². The number of fused-ring (bicyclic) bond motifs is 1. The fourth-order valence-electron chi connectivity index (χ4n) is 2.61. The summed E-state index contributed by atoms with van der Waals surface area (Å²) in [5.74, 6) is 0.0109. The molecular weight excluding hydrogens is 318 g/mol. The summed E-state index contributed by atoms with van der Waals surface area (Å²) in [4.78, 5) is 13.2. The molecule has 0 atom stereocenters. The summed E-state index contributed by atoms with van der Waals surface area (Å²) in [5, 5.41) is 4.16. The van der Waals surface area contributed by atoms with Crippen molar-refractivity contribution < 1.29 is 9.53 Å². The van der Waals surface area contributed by atoms with E-state index in [9.17, 15) is 4.79 Å². The van der Waals surface area contributed by atoms with Crippen molar-refractivity contribution in [3.05, 3.63) is 70.6 Å². The highest BCUT2D eigenvalue weighted by Gasteiger charge is 2.14. The molecule has 0 aliphatic heterocycles. The predicted molar refractivity (Wildman–Crippen MR) is 99.6 cm³/mol. The minimum atomic E-state index is 0.0109. The van der Waals surface area contributed by atoms with E-state index in [2.05, 4.69) is 17.4 Å². The van der Waals surface area contributed by atoms with E-state index in [1.165, 1.54) is 10.9 Å². The monoisotopic (exact) mass is 339 g/mol. The van der Waals surface area contributed by atoms with Gasteiger partial charge in [-0.25, -0.2) is 0 Å². The van der Waals surface area contributed by atoms with Crippen molar-refractivity contribution in [3.8, 4) is 0 Å². The normalized spacial score (nSPS) is 10.9. The van der Waals surface area contributed by atoms with Crippen molar-refractivity contribution >= 4 is 27.3 Å². The number of ether oxygens (including phenoxy) is 1. The lowest BCUT2D eigenvalue weighted by atomic mass is 10.1. The van der Waals surface area contributed by atoms with Crippen molar-refractivity contribution in [2.24, 2.45) is 0 Å². The number of carbonyl (C=O) groups is 1. The van der Waals surface area contributed by atoms with Crippen LogP contribution in [0.1, 0.15) is 27.2 Å². The average Bonchev–Trinajstić information content (AvgIpc) is 2.96. The fraction of sp³-hybridized carbons (Fsp3) is 0.250. The van der Waals surface area contributed by atoms with Crippen LogP contribution in [0.4, 0.5) is 0 Å². The molecule has 24 heavy (non-hydrogen) atoms. The van der Waals surface area contributed by atoms with E-state index >= 15 is 0 Å². The van der Waals surface area contributed by atoms with Crippen LogP contribution < -0.4 is 5.32 Å². The molecule has 0 saturated carbocycles. The number of hydrogen-bond acceptors (Lipinski definition) is 3. The van der Waals surface area contributed by atoms with E-state index in [1.54, 1.807) is 11.3 Å². The lowest BCUT2D eigenvalue weighted by Gasteiger charge is -2.06. The van der Waals surface area contributed by atoms with Crippen molar-refractivity contribution in [3.63, 3.8) is 0 Å². The highest BCUT2D eigenvalue weighted by Crippen LogP contribution is 2.30. The maximum absolute atomic E-state index is 12.3. The van der Waals surface area contributed by atoms with Gasteiger partial charge in [-0.3, -0.25) is 4.79 Å². The quantitative estimate of drug-likeness (QED) is 0.642. The third-order valence-corrected chi connectivity index (χ3v) is 5.18. The van der Waals surface area contributed by atoms with Crippen molar-refractivity contribution in [2.45, 2.75) is 20.0 Å². The van der Waals surface area contributed by atoms with Gasteiger partial charge in [-0.05, 0) is 35.9 Å². The van der Waals surface area contributed by atoms with Crippen molar-refractivity contribution in [1.82, 2.24) is 5.32 Å². The number of carbonyl (C=O) groups excluding carboxylic acids is 1. The zero-order valence-electron chi connectivity index (χ0n) is 13.7. The van der Waals surface area contributed by atoms with E-state index in [4.69, 9.17) is 4.74 Å². The van der Waals surface area contributed by atoms with E-state index in [-0.39, 0.29) is 5.91 Å². The number of aryl methyl sites for hydroxylation is 1. The summed E-state index contributed by atoms with van der Waals surface area (Å²) in [6, 6.07) is 18.2. The van der Waals surface area contributed by atoms with Crippen LogP contribution >= 0.6 is 11.3 Å². The van der Waals surface area contributed by atoms with Crippen LogP contribution in [-0.4, -0.2) is 19.1 Å². The van der Waals surface area contributed by atoms with Gasteiger partial charge in [-0.1, -0.05) is 48.5 Å². The Morgan fingerprint density at radius 2 is 1.83 bits per heavy atom. The Morgan fingerprint density at radius 1 is 1.08 bits per heavy atom. The largest absolute Gasteiger partial charge is 0.377 e. The second-order valence-corrected chi connectivity index (χ2v) is 6.75. The topological polar surface area (TPSA) is 38.3 Å². The maximum Gasteiger partial charge on any atom is 0.261 e. The standard InChI is InChI=1S/C20H21NO2S/c1-15-17-10-5-6-11-18(17)24-19(15)20(22)21-12-7-13-23-14-16-8-3-2-4-9-16/h2-6,8-11H,7,12-14H2,1H3,(H,21,22). The van der Waals surface area contributed by atoms with E-state index in [0.29, 0.717) is 19.8 Å². The van der Waals surface area contributed by atoms with Gasteiger partial charge in [-0.15, -0.1) is 11.3 Å². The van der Waals surface area contributed by atoms with Crippen LogP contribution in [0, 0.1) is 6.92 Å². The zero-order valence-corrected chi connectivity index (χ0v) is 14.6. The first-order valence-electron chi connectivity index (χ1n) is 8.13. The molecule has 1 aromatic heterocycles. The lowest BCUT2D eigenvalue weighted by molar-refractivity contribution is 0.0938. The minimum absolute atomic E-state index is 0.0109. The molecule has 0 saturated heterocycles. The Bertz CT molecular complexity index is 811. The van der Waals surface area contributed by atoms with Gasteiger partial charge < -0.3 is 10.1 Å². The third-order valence-electron chi connectivity index (χ3n) is 3.91. The van der Waals surface area contributed by atoms with Gasteiger partial charge in [0.25, 0.3) is 5.91 Å². The Hall–Kier alpha value is -2.17. The molecule has 3 rings (SSSR count). The molecule has 2 aromatic carbocycles. The first-order valence-corrected chi connectivity index (χ1v) is 8.95. The molecule has 0 aliphatic rings. The average molecular weight is 339 g/mol. The van der Waals surface area contributed by atoms with Crippen LogP contribution in [-0.2, 0) is 11.3 Å². The Kier molecular flexibility index (Phi) is 5.62. The molecule has 124 valence electrons. The molecule has 0 unspecified atom stereocenters. The van der Waals surface area contributed by atoms with Crippen molar-refractivity contribution in [2.75, 3.05) is 13.2 Å². The van der Waals surface area contributed by atoms with Crippen LogP contribution in [0.3, 0.4) is 0 Å². The number of nitrogens with one attached hydrogen (secondary N) is 1. The summed E-state index contributed by atoms with van der Waals surface area (Å²) in [6.07, 6.45) is 0.808.